The van der Waals surface area contributed by atoms with Gasteiger partial charge in [0.1, 0.15) is 0 Å². The molecule has 0 heterocycles. The van der Waals surface area contributed by atoms with Gasteiger partial charge in [-0.3, -0.25) is 0 Å². The van der Waals surface area contributed by atoms with Crippen molar-refractivity contribution >= 4 is 6.03 Å². The molecule has 0 saturated carbocycles. The van der Waals surface area contributed by atoms with Crippen LogP contribution in [0.2, 0.25) is 0 Å². The highest BCUT2D eigenvalue weighted by Gasteiger charge is 2.14. The largest absolute Gasteiger partial charge is 0.382 e. The van der Waals surface area contributed by atoms with Gasteiger partial charge in [0.05, 0.1) is 6.04 Å². The summed E-state index contributed by atoms with van der Waals surface area (Å²) in [5, 5.41) is 5.92. The Bertz CT molecular complexity index is 446. The van der Waals surface area contributed by atoms with Crippen LogP contribution in [0.15, 0.2) is 18.2 Å². The molecule has 0 spiro atoms. The molecule has 0 aromatic heterocycles. The minimum Gasteiger partial charge on any atom is -0.382 e. The third kappa shape index (κ3) is 6.17. The Kier molecular flexibility index (Phi) is 7.83. The van der Waals surface area contributed by atoms with Crippen LogP contribution in [-0.2, 0) is 4.74 Å². The van der Waals surface area contributed by atoms with Crippen molar-refractivity contribution in [3.05, 3.63) is 34.9 Å². The molecule has 0 radical (unpaired) electrons. The third-order valence-corrected chi connectivity index (χ3v) is 3.47. The number of carbonyl (C=O) groups is 1. The molecule has 0 aliphatic heterocycles. The molecule has 21 heavy (non-hydrogen) atoms. The first kappa shape index (κ1) is 17.5. The number of hydrogen-bond donors (Lipinski definition) is 2. The SMILES string of the molecule is CCOCCCNC(=O)NC(CC)c1ccc(C)cc1C. The fraction of sp³-hybridized carbons (Fsp3) is 0.588. The van der Waals surface area contributed by atoms with E-state index in [1.54, 1.807) is 0 Å². The van der Waals surface area contributed by atoms with E-state index in [1.165, 1.54) is 16.7 Å². The molecule has 1 rings (SSSR count). The summed E-state index contributed by atoms with van der Waals surface area (Å²) in [5.41, 5.74) is 3.65. The summed E-state index contributed by atoms with van der Waals surface area (Å²) in [5.74, 6) is 0. The smallest absolute Gasteiger partial charge is 0.315 e. The van der Waals surface area contributed by atoms with Gasteiger partial charge in [0.25, 0.3) is 0 Å². The number of amides is 2. The quantitative estimate of drug-likeness (QED) is 0.721. The summed E-state index contributed by atoms with van der Waals surface area (Å²) < 4.78 is 5.24. The number of benzene rings is 1. The lowest BCUT2D eigenvalue weighted by atomic mass is 9.98. The molecule has 4 heteroatoms. The second kappa shape index (κ2) is 9.40. The number of urea groups is 1. The topological polar surface area (TPSA) is 50.4 Å². The highest BCUT2D eigenvalue weighted by molar-refractivity contribution is 5.74. The second-order valence-electron chi connectivity index (χ2n) is 5.27. The predicted octanol–water partition coefficient (Wildman–Crippen LogP) is 3.48. The molecule has 1 aromatic rings. The van der Waals surface area contributed by atoms with Gasteiger partial charge in [0.2, 0.25) is 0 Å². The van der Waals surface area contributed by atoms with E-state index in [-0.39, 0.29) is 12.1 Å². The monoisotopic (exact) mass is 292 g/mol. The molecule has 1 aromatic carbocycles. The van der Waals surface area contributed by atoms with E-state index in [4.69, 9.17) is 4.74 Å². The zero-order chi connectivity index (χ0) is 15.7. The van der Waals surface area contributed by atoms with Gasteiger partial charge >= 0.3 is 6.03 Å². The molecule has 0 aliphatic carbocycles. The minimum atomic E-state index is -0.113. The van der Waals surface area contributed by atoms with Gasteiger partial charge in [-0.25, -0.2) is 4.79 Å². The van der Waals surface area contributed by atoms with Gasteiger partial charge in [-0.15, -0.1) is 0 Å². The zero-order valence-corrected chi connectivity index (χ0v) is 13.7. The number of rotatable bonds is 8. The van der Waals surface area contributed by atoms with Crippen molar-refractivity contribution < 1.29 is 9.53 Å². The molecule has 0 aliphatic rings. The summed E-state index contributed by atoms with van der Waals surface area (Å²) in [6, 6.07) is 6.29. The molecule has 2 amide bonds. The summed E-state index contributed by atoms with van der Waals surface area (Å²) >= 11 is 0. The normalized spacial score (nSPS) is 12.0. The van der Waals surface area contributed by atoms with Gasteiger partial charge in [-0.2, -0.15) is 0 Å². The molecule has 2 N–H and O–H groups in total. The van der Waals surface area contributed by atoms with Crippen LogP contribution in [0.3, 0.4) is 0 Å². The molecular formula is C17H28N2O2. The van der Waals surface area contributed by atoms with Crippen LogP contribution in [0.1, 0.15) is 49.4 Å². The highest BCUT2D eigenvalue weighted by Crippen LogP contribution is 2.21. The summed E-state index contributed by atoms with van der Waals surface area (Å²) in [6.07, 6.45) is 1.71. The highest BCUT2D eigenvalue weighted by atomic mass is 16.5. The third-order valence-electron chi connectivity index (χ3n) is 3.47. The van der Waals surface area contributed by atoms with E-state index < -0.39 is 0 Å². The lowest BCUT2D eigenvalue weighted by Gasteiger charge is -2.20. The Morgan fingerprint density at radius 3 is 2.67 bits per heavy atom. The Morgan fingerprint density at radius 2 is 2.05 bits per heavy atom. The van der Waals surface area contributed by atoms with E-state index in [9.17, 15) is 4.79 Å². The van der Waals surface area contributed by atoms with Crippen molar-refractivity contribution in [2.24, 2.45) is 0 Å². The van der Waals surface area contributed by atoms with Crippen LogP contribution in [0.4, 0.5) is 4.79 Å². The van der Waals surface area contributed by atoms with Gasteiger partial charge in [-0.1, -0.05) is 30.7 Å². The predicted molar refractivity (Wildman–Crippen MR) is 86.6 cm³/mol. The Hall–Kier alpha value is -1.55. The Labute approximate surface area is 128 Å². The standard InChI is InChI=1S/C17H28N2O2/c1-5-16(15-9-8-13(3)12-14(15)4)19-17(20)18-10-7-11-21-6-2/h8-9,12,16H,5-7,10-11H2,1-4H3,(H2,18,19,20). The summed E-state index contributed by atoms with van der Waals surface area (Å²) in [7, 11) is 0. The zero-order valence-electron chi connectivity index (χ0n) is 13.7. The molecule has 0 fully saturated rings. The van der Waals surface area contributed by atoms with Crippen LogP contribution >= 0.6 is 0 Å². The van der Waals surface area contributed by atoms with E-state index in [2.05, 4.69) is 49.6 Å². The maximum atomic E-state index is 11.9. The Morgan fingerprint density at radius 1 is 1.29 bits per heavy atom. The van der Waals surface area contributed by atoms with Crippen molar-refractivity contribution in [3.8, 4) is 0 Å². The van der Waals surface area contributed by atoms with E-state index in [0.717, 1.165) is 19.4 Å². The summed E-state index contributed by atoms with van der Waals surface area (Å²) in [4.78, 5) is 11.9. The van der Waals surface area contributed by atoms with Gasteiger partial charge in [0.15, 0.2) is 0 Å². The fourth-order valence-electron chi connectivity index (χ4n) is 2.35. The number of hydrogen-bond acceptors (Lipinski definition) is 2. The number of carbonyl (C=O) groups excluding carboxylic acids is 1. The minimum absolute atomic E-state index is 0.0532. The van der Waals surface area contributed by atoms with Crippen LogP contribution in [0.5, 0.6) is 0 Å². The van der Waals surface area contributed by atoms with Crippen molar-refractivity contribution in [1.29, 1.82) is 0 Å². The number of ether oxygens (including phenoxy) is 1. The maximum absolute atomic E-state index is 11.9. The van der Waals surface area contributed by atoms with E-state index in [1.807, 2.05) is 6.92 Å². The molecular weight excluding hydrogens is 264 g/mol. The average molecular weight is 292 g/mol. The van der Waals surface area contributed by atoms with E-state index >= 15 is 0 Å². The molecule has 0 saturated heterocycles. The van der Waals surface area contributed by atoms with Gasteiger partial charge < -0.3 is 15.4 Å². The van der Waals surface area contributed by atoms with Crippen molar-refractivity contribution in [2.75, 3.05) is 19.8 Å². The lowest BCUT2D eigenvalue weighted by Crippen LogP contribution is -2.38. The first-order valence-electron chi connectivity index (χ1n) is 7.77. The first-order chi connectivity index (χ1) is 10.1. The second-order valence-corrected chi connectivity index (χ2v) is 5.27. The molecule has 1 atom stereocenters. The van der Waals surface area contributed by atoms with Crippen molar-refractivity contribution in [2.45, 2.75) is 46.6 Å². The summed E-state index contributed by atoms with van der Waals surface area (Å²) in [6.45, 7) is 10.3. The Balaban J connectivity index is 2.48. The molecule has 1 unspecified atom stereocenters. The van der Waals surface area contributed by atoms with Crippen LogP contribution < -0.4 is 10.6 Å². The van der Waals surface area contributed by atoms with E-state index in [0.29, 0.717) is 13.2 Å². The number of nitrogens with one attached hydrogen (secondary N) is 2. The molecule has 4 nitrogen and oxygen atoms in total. The van der Waals surface area contributed by atoms with Crippen molar-refractivity contribution in [3.63, 3.8) is 0 Å². The molecule has 118 valence electrons. The van der Waals surface area contributed by atoms with Crippen LogP contribution in [0, 0.1) is 13.8 Å². The van der Waals surface area contributed by atoms with Gasteiger partial charge in [0, 0.05) is 19.8 Å². The first-order valence-corrected chi connectivity index (χ1v) is 7.77. The fourth-order valence-corrected chi connectivity index (χ4v) is 2.35. The lowest BCUT2D eigenvalue weighted by molar-refractivity contribution is 0.145. The average Bonchev–Trinajstić information content (AvgIpc) is 2.45. The van der Waals surface area contributed by atoms with Crippen LogP contribution in [0.25, 0.3) is 0 Å². The van der Waals surface area contributed by atoms with Crippen molar-refractivity contribution in [1.82, 2.24) is 10.6 Å². The number of aryl methyl sites for hydroxylation is 2. The van der Waals surface area contributed by atoms with Crippen LogP contribution in [-0.4, -0.2) is 25.8 Å². The molecule has 0 bridgehead atoms. The van der Waals surface area contributed by atoms with Gasteiger partial charge in [-0.05, 0) is 44.7 Å². The maximum Gasteiger partial charge on any atom is 0.315 e.